The van der Waals surface area contributed by atoms with E-state index in [-0.39, 0.29) is 0 Å². The number of ether oxygens (including phenoxy) is 1. The van der Waals surface area contributed by atoms with Gasteiger partial charge in [-0.3, -0.25) is 4.79 Å². The van der Waals surface area contributed by atoms with Crippen LogP contribution in [0.3, 0.4) is 0 Å². The zero-order valence-corrected chi connectivity index (χ0v) is 10.8. The number of anilines is 1. The van der Waals surface area contributed by atoms with Gasteiger partial charge in [-0.2, -0.15) is 0 Å². The molecule has 0 aromatic heterocycles. The highest BCUT2D eigenvalue weighted by molar-refractivity contribution is 5.92. The van der Waals surface area contributed by atoms with Crippen LogP contribution in [0.25, 0.3) is 0 Å². The minimum Gasteiger partial charge on any atom is -0.363 e. The third-order valence-electron chi connectivity index (χ3n) is 3.02. The molecule has 1 fully saturated rings. The molecule has 1 heterocycles. The maximum absolute atomic E-state index is 13.3. The van der Waals surface area contributed by atoms with E-state index < -0.39 is 52.9 Å². The van der Waals surface area contributed by atoms with Crippen molar-refractivity contribution < 1.29 is 31.5 Å². The predicted molar refractivity (Wildman–Crippen MR) is 62.1 cm³/mol. The molecule has 0 spiro atoms. The van der Waals surface area contributed by atoms with Gasteiger partial charge in [0, 0.05) is 13.1 Å². The number of amides is 1. The maximum atomic E-state index is 13.3. The molecule has 0 bridgehead atoms. The van der Waals surface area contributed by atoms with Crippen LogP contribution in [0.1, 0.15) is 6.92 Å². The molecule has 0 unspecified atom stereocenters. The quantitative estimate of drug-likeness (QED) is 0.506. The van der Waals surface area contributed by atoms with Crippen LogP contribution in [-0.4, -0.2) is 31.2 Å². The number of halogens is 5. The number of rotatable bonds is 4. The Morgan fingerprint density at radius 2 is 1.57 bits per heavy atom. The number of hydrogen-bond acceptors (Lipinski definition) is 3. The summed E-state index contributed by atoms with van der Waals surface area (Å²) in [5, 5.41) is 4.52. The fourth-order valence-corrected chi connectivity index (χ4v) is 1.71. The highest BCUT2D eigenvalue weighted by Crippen LogP contribution is 2.27. The third kappa shape index (κ3) is 2.98. The van der Waals surface area contributed by atoms with E-state index in [0.29, 0.717) is 13.1 Å². The molecule has 2 rings (SSSR count). The van der Waals surface area contributed by atoms with Gasteiger partial charge >= 0.3 is 0 Å². The third-order valence-corrected chi connectivity index (χ3v) is 3.02. The summed E-state index contributed by atoms with van der Waals surface area (Å²) >= 11 is 0. The molecule has 1 amide bonds. The summed E-state index contributed by atoms with van der Waals surface area (Å²) in [6.45, 7) is 2.11. The number of nitrogens with one attached hydrogen (secondary N) is 2. The fraction of sp³-hybridized carbons (Fsp3) is 0.417. The van der Waals surface area contributed by atoms with Crippen LogP contribution < -0.4 is 10.6 Å². The van der Waals surface area contributed by atoms with Gasteiger partial charge < -0.3 is 15.4 Å². The second-order valence-corrected chi connectivity index (χ2v) is 4.84. The van der Waals surface area contributed by atoms with Gasteiger partial charge in [0.2, 0.25) is 5.82 Å². The van der Waals surface area contributed by atoms with E-state index in [2.05, 4.69) is 5.32 Å². The minimum absolute atomic E-state index is 0.489. The van der Waals surface area contributed by atoms with Crippen LogP contribution in [0.5, 0.6) is 0 Å². The van der Waals surface area contributed by atoms with Crippen LogP contribution in [0.2, 0.25) is 0 Å². The monoisotopic (exact) mass is 310 g/mol. The van der Waals surface area contributed by atoms with Gasteiger partial charge in [-0.25, -0.2) is 22.0 Å². The zero-order chi connectivity index (χ0) is 15.8. The van der Waals surface area contributed by atoms with Gasteiger partial charge in [-0.15, -0.1) is 0 Å². The Balaban J connectivity index is 2.10. The van der Waals surface area contributed by atoms with Gasteiger partial charge in [0.05, 0.1) is 5.60 Å². The lowest BCUT2D eigenvalue weighted by molar-refractivity contribution is -0.130. The first kappa shape index (κ1) is 15.6. The Morgan fingerprint density at radius 1 is 1.10 bits per heavy atom. The molecule has 1 aliphatic heterocycles. The van der Waals surface area contributed by atoms with Gasteiger partial charge in [-0.05, 0) is 6.92 Å². The summed E-state index contributed by atoms with van der Waals surface area (Å²) in [6, 6.07) is 0. The second-order valence-electron chi connectivity index (χ2n) is 4.84. The molecule has 116 valence electrons. The lowest BCUT2D eigenvalue weighted by Crippen LogP contribution is -2.59. The summed E-state index contributed by atoms with van der Waals surface area (Å²) in [7, 11) is 0. The topological polar surface area (TPSA) is 50.4 Å². The number of benzene rings is 1. The SMILES string of the molecule is CC1(OCC(=O)Nc2c(F)c(F)c(F)c(F)c2F)CNC1. The number of carbonyl (C=O) groups is 1. The van der Waals surface area contributed by atoms with Crippen LogP contribution in [0.4, 0.5) is 27.6 Å². The second kappa shape index (κ2) is 5.57. The summed E-state index contributed by atoms with van der Waals surface area (Å²) in [5.41, 5.74) is -1.98. The molecule has 1 aromatic carbocycles. The Kier molecular flexibility index (Phi) is 4.15. The van der Waals surface area contributed by atoms with Crippen molar-refractivity contribution in [1.82, 2.24) is 5.32 Å². The van der Waals surface area contributed by atoms with Crippen molar-refractivity contribution in [2.45, 2.75) is 12.5 Å². The summed E-state index contributed by atoms with van der Waals surface area (Å²) in [5.74, 6) is -11.8. The fourth-order valence-electron chi connectivity index (χ4n) is 1.71. The lowest BCUT2D eigenvalue weighted by Gasteiger charge is -2.38. The average molecular weight is 310 g/mol. The standard InChI is InChI=1S/C12H11F5N2O2/c1-12(3-18-4-12)21-2-5(20)19-11-9(16)7(14)6(13)8(15)10(11)17/h18H,2-4H2,1H3,(H,19,20). The van der Waals surface area contributed by atoms with Gasteiger partial charge in [0.1, 0.15) is 12.3 Å². The average Bonchev–Trinajstić information content (AvgIpc) is 2.43. The molecule has 1 saturated heterocycles. The van der Waals surface area contributed by atoms with Crippen LogP contribution in [0, 0.1) is 29.1 Å². The first-order chi connectivity index (χ1) is 9.75. The first-order valence-corrected chi connectivity index (χ1v) is 5.91. The van der Waals surface area contributed by atoms with Gasteiger partial charge in [0.25, 0.3) is 5.91 Å². The largest absolute Gasteiger partial charge is 0.363 e. The van der Waals surface area contributed by atoms with Crippen molar-refractivity contribution in [3.8, 4) is 0 Å². The van der Waals surface area contributed by atoms with Crippen LogP contribution >= 0.6 is 0 Å². The first-order valence-electron chi connectivity index (χ1n) is 5.91. The number of carbonyl (C=O) groups excluding carboxylic acids is 1. The molecule has 9 heteroatoms. The van der Waals surface area contributed by atoms with Crippen LogP contribution in [-0.2, 0) is 9.53 Å². The predicted octanol–water partition coefficient (Wildman–Crippen LogP) is 1.70. The Morgan fingerprint density at radius 3 is 2.00 bits per heavy atom. The summed E-state index contributed by atoms with van der Waals surface area (Å²) in [6.07, 6.45) is 0. The molecule has 0 aliphatic carbocycles. The van der Waals surface area contributed by atoms with Crippen molar-refractivity contribution in [1.29, 1.82) is 0 Å². The van der Waals surface area contributed by atoms with Gasteiger partial charge in [-0.1, -0.05) is 0 Å². The molecular formula is C12H11F5N2O2. The summed E-state index contributed by atoms with van der Waals surface area (Å²) in [4.78, 5) is 11.5. The molecule has 0 radical (unpaired) electrons. The van der Waals surface area contributed by atoms with E-state index in [1.54, 1.807) is 12.2 Å². The molecule has 0 atom stereocenters. The van der Waals surface area contributed by atoms with E-state index in [1.165, 1.54) is 0 Å². The van der Waals surface area contributed by atoms with Crippen molar-refractivity contribution in [2.75, 3.05) is 25.0 Å². The number of hydrogen-bond donors (Lipinski definition) is 2. The Labute approximate surface area is 116 Å². The molecular weight excluding hydrogens is 299 g/mol. The highest BCUT2D eigenvalue weighted by atomic mass is 19.2. The zero-order valence-electron chi connectivity index (χ0n) is 10.8. The van der Waals surface area contributed by atoms with E-state index in [0.717, 1.165) is 0 Å². The van der Waals surface area contributed by atoms with E-state index >= 15 is 0 Å². The Bertz CT molecular complexity index is 560. The van der Waals surface area contributed by atoms with Crippen molar-refractivity contribution in [2.24, 2.45) is 0 Å². The molecule has 4 nitrogen and oxygen atoms in total. The van der Waals surface area contributed by atoms with Crippen LogP contribution in [0.15, 0.2) is 0 Å². The lowest BCUT2D eigenvalue weighted by atomic mass is 10.0. The van der Waals surface area contributed by atoms with Gasteiger partial charge in [0.15, 0.2) is 23.3 Å². The van der Waals surface area contributed by atoms with E-state index in [9.17, 15) is 26.7 Å². The molecule has 1 aromatic rings. The molecule has 1 aliphatic rings. The van der Waals surface area contributed by atoms with E-state index in [1.807, 2.05) is 0 Å². The normalized spacial score (nSPS) is 16.5. The summed E-state index contributed by atoms with van der Waals surface area (Å²) < 4.78 is 70.5. The molecule has 2 N–H and O–H groups in total. The van der Waals surface area contributed by atoms with Crippen molar-refractivity contribution in [3.05, 3.63) is 29.1 Å². The molecule has 21 heavy (non-hydrogen) atoms. The maximum Gasteiger partial charge on any atom is 0.250 e. The van der Waals surface area contributed by atoms with Crippen molar-refractivity contribution in [3.63, 3.8) is 0 Å². The van der Waals surface area contributed by atoms with E-state index in [4.69, 9.17) is 4.74 Å². The molecule has 0 saturated carbocycles. The highest BCUT2D eigenvalue weighted by Gasteiger charge is 2.33. The Hall–Kier alpha value is -1.74. The minimum atomic E-state index is -2.28. The van der Waals surface area contributed by atoms with Crippen molar-refractivity contribution >= 4 is 11.6 Å². The smallest absolute Gasteiger partial charge is 0.250 e.